The molecule has 3 aliphatic rings. The average Bonchev–Trinajstić information content (AvgIpc) is 3.45. The van der Waals surface area contributed by atoms with Crippen molar-refractivity contribution in [3.05, 3.63) is 93.5 Å². The number of fused-ring (bicyclic) bond motifs is 4. The first kappa shape index (κ1) is 17.8. The molecule has 0 aliphatic carbocycles. The number of hydrazone groups is 1. The van der Waals surface area contributed by atoms with Gasteiger partial charge in [-0.2, -0.15) is 5.10 Å². The van der Waals surface area contributed by atoms with Gasteiger partial charge in [-0.3, -0.25) is 10.1 Å². The number of hydrogen-bond donors (Lipinski definition) is 0. The summed E-state index contributed by atoms with van der Waals surface area (Å²) in [5.74, 6) is 2.25. The van der Waals surface area contributed by atoms with E-state index >= 15 is 0 Å². The molecular formula is C23H17N3O5. The van der Waals surface area contributed by atoms with Crippen molar-refractivity contribution in [2.24, 2.45) is 5.10 Å². The van der Waals surface area contributed by atoms with E-state index in [0.717, 1.165) is 33.9 Å². The number of benzene rings is 3. The van der Waals surface area contributed by atoms with Crippen molar-refractivity contribution in [2.45, 2.75) is 18.7 Å². The van der Waals surface area contributed by atoms with Crippen LogP contribution in [0.3, 0.4) is 0 Å². The minimum Gasteiger partial charge on any atom is -0.464 e. The Morgan fingerprint density at radius 2 is 1.77 bits per heavy atom. The van der Waals surface area contributed by atoms with Crippen LogP contribution in [0.25, 0.3) is 0 Å². The van der Waals surface area contributed by atoms with E-state index in [0.29, 0.717) is 12.2 Å². The molecule has 6 rings (SSSR count). The number of para-hydroxylation sites is 1. The molecule has 0 spiro atoms. The van der Waals surface area contributed by atoms with Crippen molar-refractivity contribution in [3.63, 3.8) is 0 Å². The van der Waals surface area contributed by atoms with Crippen LogP contribution in [-0.2, 0) is 0 Å². The van der Waals surface area contributed by atoms with Gasteiger partial charge < -0.3 is 14.2 Å². The number of nitro groups is 1. The molecule has 3 heterocycles. The Labute approximate surface area is 177 Å². The maximum absolute atomic E-state index is 11.0. The van der Waals surface area contributed by atoms with Gasteiger partial charge in [0.1, 0.15) is 5.75 Å². The number of hydrogen-bond acceptors (Lipinski definition) is 7. The Hall–Kier alpha value is -4.07. The Morgan fingerprint density at radius 1 is 0.968 bits per heavy atom. The molecule has 8 nitrogen and oxygen atoms in total. The normalized spacial score (nSPS) is 20.5. The maximum Gasteiger partial charge on any atom is 0.269 e. The van der Waals surface area contributed by atoms with Gasteiger partial charge in [-0.25, -0.2) is 5.01 Å². The number of nitrogens with zero attached hydrogens (tertiary/aromatic N) is 3. The van der Waals surface area contributed by atoms with E-state index in [1.54, 1.807) is 12.1 Å². The Kier molecular flexibility index (Phi) is 3.86. The number of ether oxygens (including phenoxy) is 3. The highest BCUT2D eigenvalue weighted by Crippen LogP contribution is 2.48. The predicted octanol–water partition coefficient (Wildman–Crippen LogP) is 4.57. The van der Waals surface area contributed by atoms with Crippen LogP contribution < -0.4 is 14.2 Å². The van der Waals surface area contributed by atoms with Crippen molar-refractivity contribution in [2.75, 3.05) is 6.79 Å². The second-order valence-corrected chi connectivity index (χ2v) is 7.57. The zero-order valence-corrected chi connectivity index (χ0v) is 16.3. The lowest BCUT2D eigenvalue weighted by Crippen LogP contribution is -2.33. The van der Waals surface area contributed by atoms with E-state index in [1.165, 1.54) is 12.1 Å². The van der Waals surface area contributed by atoms with Crippen molar-refractivity contribution in [3.8, 4) is 17.2 Å². The van der Waals surface area contributed by atoms with Gasteiger partial charge >= 0.3 is 0 Å². The van der Waals surface area contributed by atoms with E-state index < -0.39 is 11.2 Å². The highest BCUT2D eigenvalue weighted by atomic mass is 16.7. The van der Waals surface area contributed by atoms with Gasteiger partial charge in [0, 0.05) is 35.2 Å². The summed E-state index contributed by atoms with van der Waals surface area (Å²) in [7, 11) is 0. The molecule has 0 aromatic heterocycles. The van der Waals surface area contributed by atoms with E-state index in [2.05, 4.69) is 6.07 Å². The maximum atomic E-state index is 11.0. The summed E-state index contributed by atoms with van der Waals surface area (Å²) in [6.07, 6.45) is 0.232. The van der Waals surface area contributed by atoms with E-state index in [-0.39, 0.29) is 18.5 Å². The van der Waals surface area contributed by atoms with Gasteiger partial charge in [0.25, 0.3) is 5.69 Å². The van der Waals surface area contributed by atoms with Crippen LogP contribution >= 0.6 is 0 Å². The zero-order chi connectivity index (χ0) is 20.9. The fourth-order valence-electron chi connectivity index (χ4n) is 4.27. The van der Waals surface area contributed by atoms with Crippen LogP contribution in [0.15, 0.2) is 71.8 Å². The van der Waals surface area contributed by atoms with Gasteiger partial charge in [0.15, 0.2) is 11.5 Å². The molecule has 0 saturated carbocycles. The fourth-order valence-corrected chi connectivity index (χ4v) is 4.27. The lowest BCUT2D eigenvalue weighted by molar-refractivity contribution is -0.384. The van der Waals surface area contributed by atoms with Gasteiger partial charge in [0.05, 0.1) is 16.7 Å². The van der Waals surface area contributed by atoms with Gasteiger partial charge in [-0.15, -0.1) is 0 Å². The van der Waals surface area contributed by atoms with E-state index in [4.69, 9.17) is 19.3 Å². The third kappa shape index (κ3) is 2.87. The van der Waals surface area contributed by atoms with Crippen molar-refractivity contribution < 1.29 is 19.1 Å². The summed E-state index contributed by atoms with van der Waals surface area (Å²) in [5.41, 5.74) is 3.82. The average molecular weight is 415 g/mol. The standard InChI is InChI=1S/C23H17N3O5/c27-26(28)16-8-5-14(6-9-16)23-25-19(17-3-1-2-4-20(17)31-23)12-18(24-25)15-7-10-21-22(11-15)30-13-29-21/h1-11,19,23H,12-13H2/t19-,23-/m1/s1. The van der Waals surface area contributed by atoms with E-state index in [1.807, 2.05) is 41.4 Å². The molecule has 3 aliphatic heterocycles. The minimum atomic E-state index is -0.479. The van der Waals surface area contributed by atoms with Gasteiger partial charge in [0.2, 0.25) is 13.0 Å². The molecule has 31 heavy (non-hydrogen) atoms. The molecule has 0 radical (unpaired) electrons. The lowest BCUT2D eigenvalue weighted by atomic mass is 9.96. The molecule has 0 amide bonds. The molecule has 0 N–H and O–H groups in total. The topological polar surface area (TPSA) is 86.4 Å². The van der Waals surface area contributed by atoms with Crippen molar-refractivity contribution >= 4 is 11.4 Å². The molecule has 2 atom stereocenters. The highest BCUT2D eigenvalue weighted by molar-refractivity contribution is 6.02. The Bertz CT molecular complexity index is 1220. The first-order chi connectivity index (χ1) is 15.2. The summed E-state index contributed by atoms with van der Waals surface area (Å²) in [6.45, 7) is 0.226. The molecule has 154 valence electrons. The van der Waals surface area contributed by atoms with Crippen molar-refractivity contribution in [1.82, 2.24) is 5.01 Å². The molecular weight excluding hydrogens is 398 g/mol. The first-order valence-electron chi connectivity index (χ1n) is 9.93. The summed E-state index contributed by atoms with van der Waals surface area (Å²) in [6, 6.07) is 20.2. The Morgan fingerprint density at radius 3 is 2.61 bits per heavy atom. The molecule has 0 unspecified atom stereocenters. The third-order valence-electron chi connectivity index (χ3n) is 5.79. The number of rotatable bonds is 3. The molecule has 3 aromatic carbocycles. The fraction of sp³-hybridized carbons (Fsp3) is 0.174. The zero-order valence-electron chi connectivity index (χ0n) is 16.3. The number of nitro benzene ring substituents is 1. The first-order valence-corrected chi connectivity index (χ1v) is 9.93. The SMILES string of the molecule is O=[N+]([O-])c1ccc([C@H]2Oc3ccccc3[C@H]3CC(c4ccc5c(c4)OCO5)=NN32)cc1. The smallest absolute Gasteiger partial charge is 0.269 e. The predicted molar refractivity (Wildman–Crippen MR) is 111 cm³/mol. The van der Waals surface area contributed by atoms with Gasteiger partial charge in [-0.05, 0) is 36.4 Å². The second kappa shape index (κ2) is 6.73. The van der Waals surface area contributed by atoms with Crippen LogP contribution in [0.4, 0.5) is 5.69 Å². The third-order valence-corrected chi connectivity index (χ3v) is 5.79. The van der Waals surface area contributed by atoms with Gasteiger partial charge in [-0.1, -0.05) is 18.2 Å². The summed E-state index contributed by atoms with van der Waals surface area (Å²) in [5, 5.41) is 17.9. The highest BCUT2D eigenvalue weighted by Gasteiger charge is 2.41. The van der Waals surface area contributed by atoms with Crippen LogP contribution in [-0.4, -0.2) is 22.4 Å². The molecule has 3 aromatic rings. The van der Waals surface area contributed by atoms with Crippen LogP contribution in [0, 0.1) is 10.1 Å². The van der Waals surface area contributed by atoms with Crippen molar-refractivity contribution in [1.29, 1.82) is 0 Å². The molecule has 0 bridgehead atoms. The molecule has 8 heteroatoms. The number of non-ortho nitro benzene ring substituents is 1. The van der Waals surface area contributed by atoms with E-state index in [9.17, 15) is 10.1 Å². The largest absolute Gasteiger partial charge is 0.464 e. The van der Waals surface area contributed by atoms with Crippen LogP contribution in [0.1, 0.15) is 35.4 Å². The summed E-state index contributed by atoms with van der Waals surface area (Å²) >= 11 is 0. The lowest BCUT2D eigenvalue weighted by Gasteiger charge is -2.38. The monoisotopic (exact) mass is 415 g/mol. The Balaban J connectivity index is 1.40. The summed E-state index contributed by atoms with van der Waals surface area (Å²) < 4.78 is 17.2. The summed E-state index contributed by atoms with van der Waals surface area (Å²) in [4.78, 5) is 10.6. The van der Waals surface area contributed by atoms with Crippen LogP contribution in [0.2, 0.25) is 0 Å². The quantitative estimate of drug-likeness (QED) is 0.460. The minimum absolute atomic E-state index is 0.00515. The van der Waals surface area contributed by atoms with Crippen LogP contribution in [0.5, 0.6) is 17.2 Å². The molecule has 0 saturated heterocycles. The second-order valence-electron chi connectivity index (χ2n) is 7.57. The molecule has 0 fully saturated rings.